The first-order chi connectivity index (χ1) is 6.88. The molecule has 86 valence electrons. The van der Waals surface area contributed by atoms with Crippen molar-refractivity contribution in [2.75, 3.05) is 6.26 Å². The zero-order chi connectivity index (χ0) is 11.5. The largest absolute Gasteiger partial charge is 0.299 e. The van der Waals surface area contributed by atoms with Crippen LogP contribution in [0.15, 0.2) is 11.5 Å². The van der Waals surface area contributed by atoms with Gasteiger partial charge in [0.15, 0.2) is 9.84 Å². The number of hydrogen-bond donors (Lipinski definition) is 0. The van der Waals surface area contributed by atoms with E-state index in [0.29, 0.717) is 12.2 Å². The van der Waals surface area contributed by atoms with Gasteiger partial charge in [-0.3, -0.25) is 4.79 Å². The highest BCUT2D eigenvalue weighted by atomic mass is 32.2. The van der Waals surface area contributed by atoms with Gasteiger partial charge < -0.3 is 0 Å². The molecule has 2 atom stereocenters. The highest BCUT2D eigenvalue weighted by Crippen LogP contribution is 2.27. The van der Waals surface area contributed by atoms with Crippen LogP contribution in [0.25, 0.3) is 0 Å². The van der Waals surface area contributed by atoms with Crippen LogP contribution in [0.1, 0.15) is 32.6 Å². The molecule has 0 aromatic rings. The number of hydrogen-bond acceptors (Lipinski definition) is 3. The minimum Gasteiger partial charge on any atom is -0.299 e. The smallest absolute Gasteiger partial charge is 0.168 e. The molecular formula is C11H18O3S. The zero-order valence-electron chi connectivity index (χ0n) is 9.27. The van der Waals surface area contributed by atoms with Crippen LogP contribution in [-0.4, -0.2) is 20.5 Å². The molecule has 1 aliphatic rings. The lowest BCUT2D eigenvalue weighted by atomic mass is 9.94. The third-order valence-corrected chi connectivity index (χ3v) is 3.39. The summed E-state index contributed by atoms with van der Waals surface area (Å²) in [6, 6.07) is 0. The summed E-state index contributed by atoms with van der Waals surface area (Å²) < 4.78 is 21.8. The van der Waals surface area contributed by atoms with E-state index in [1.54, 1.807) is 6.08 Å². The lowest BCUT2D eigenvalue weighted by molar-refractivity contribution is -0.120. The van der Waals surface area contributed by atoms with Crippen LogP contribution in [0.2, 0.25) is 0 Å². The molecule has 1 fully saturated rings. The SMILES string of the molecule is C[C@H](/C=C/S(C)(=O)=O)C[C@@H]1CCCC1=O. The third kappa shape index (κ3) is 4.60. The van der Waals surface area contributed by atoms with Crippen LogP contribution in [0, 0.1) is 11.8 Å². The molecule has 0 saturated heterocycles. The standard InChI is InChI=1S/C11H18O3S/c1-9(6-7-15(2,13)14)8-10-4-3-5-11(10)12/h6-7,9-10H,3-5,8H2,1-2H3/b7-6+/t9-,10+/m1/s1. The topological polar surface area (TPSA) is 51.2 Å². The molecule has 4 heteroatoms. The van der Waals surface area contributed by atoms with E-state index in [9.17, 15) is 13.2 Å². The number of sulfone groups is 1. The maximum absolute atomic E-state index is 11.4. The summed E-state index contributed by atoms with van der Waals surface area (Å²) in [4.78, 5) is 11.4. The van der Waals surface area contributed by atoms with Gasteiger partial charge in [0.05, 0.1) is 0 Å². The van der Waals surface area contributed by atoms with Gasteiger partial charge in [-0.2, -0.15) is 0 Å². The Hall–Kier alpha value is -0.640. The van der Waals surface area contributed by atoms with Gasteiger partial charge in [0.25, 0.3) is 0 Å². The second kappa shape index (κ2) is 4.92. The van der Waals surface area contributed by atoms with E-state index < -0.39 is 9.84 Å². The van der Waals surface area contributed by atoms with Crippen molar-refractivity contribution in [3.8, 4) is 0 Å². The molecule has 0 amide bonds. The fraction of sp³-hybridized carbons (Fsp3) is 0.727. The Balaban J connectivity index is 2.45. The Morgan fingerprint density at radius 2 is 2.20 bits per heavy atom. The van der Waals surface area contributed by atoms with Gasteiger partial charge in [0.2, 0.25) is 0 Å². The number of carbonyl (C=O) groups excluding carboxylic acids is 1. The Labute approximate surface area is 91.5 Å². The molecule has 0 N–H and O–H groups in total. The normalized spacial score (nSPS) is 24.9. The van der Waals surface area contributed by atoms with Gasteiger partial charge in [0.1, 0.15) is 5.78 Å². The quantitative estimate of drug-likeness (QED) is 0.741. The lowest BCUT2D eigenvalue weighted by Crippen LogP contribution is -2.09. The maximum atomic E-state index is 11.4. The highest BCUT2D eigenvalue weighted by Gasteiger charge is 2.25. The molecule has 0 aliphatic heterocycles. The van der Waals surface area contributed by atoms with Crippen molar-refractivity contribution in [1.29, 1.82) is 0 Å². The first-order valence-corrected chi connectivity index (χ1v) is 7.25. The Morgan fingerprint density at radius 3 is 2.67 bits per heavy atom. The molecule has 15 heavy (non-hydrogen) atoms. The number of Topliss-reactive ketones (excluding diaryl/α,β-unsaturated/α-hetero) is 1. The van der Waals surface area contributed by atoms with Crippen molar-refractivity contribution in [3.05, 3.63) is 11.5 Å². The molecule has 1 rings (SSSR count). The molecule has 0 unspecified atom stereocenters. The third-order valence-electron chi connectivity index (χ3n) is 2.74. The van der Waals surface area contributed by atoms with E-state index in [-0.39, 0.29) is 11.8 Å². The van der Waals surface area contributed by atoms with Crippen molar-refractivity contribution >= 4 is 15.6 Å². The molecule has 3 nitrogen and oxygen atoms in total. The number of ketones is 1. The minimum atomic E-state index is -3.03. The first-order valence-electron chi connectivity index (χ1n) is 5.29. The molecule has 0 aromatic carbocycles. The van der Waals surface area contributed by atoms with Gasteiger partial charge in [-0.15, -0.1) is 0 Å². The second-order valence-corrected chi connectivity index (χ2v) is 6.36. The zero-order valence-corrected chi connectivity index (χ0v) is 10.1. The average molecular weight is 230 g/mol. The second-order valence-electron chi connectivity index (χ2n) is 4.43. The minimum absolute atomic E-state index is 0.157. The molecule has 0 bridgehead atoms. The molecule has 0 spiro atoms. The molecule has 1 aliphatic carbocycles. The predicted octanol–water partition coefficient (Wildman–Crippen LogP) is 1.94. The van der Waals surface area contributed by atoms with Crippen LogP contribution >= 0.6 is 0 Å². The van der Waals surface area contributed by atoms with Crippen molar-refractivity contribution in [1.82, 2.24) is 0 Å². The van der Waals surface area contributed by atoms with E-state index in [2.05, 4.69) is 0 Å². The summed E-state index contributed by atoms with van der Waals surface area (Å²) in [5, 5.41) is 1.23. The van der Waals surface area contributed by atoms with Crippen LogP contribution in [-0.2, 0) is 14.6 Å². The molecule has 0 radical (unpaired) electrons. The van der Waals surface area contributed by atoms with E-state index in [1.165, 1.54) is 11.7 Å². The number of carbonyl (C=O) groups is 1. The summed E-state index contributed by atoms with van der Waals surface area (Å²) >= 11 is 0. The summed E-state index contributed by atoms with van der Waals surface area (Å²) in [6.07, 6.45) is 6.30. The predicted molar refractivity (Wildman–Crippen MR) is 60.1 cm³/mol. The Morgan fingerprint density at radius 1 is 1.53 bits per heavy atom. The number of allylic oxidation sites excluding steroid dienone is 1. The Kier molecular flexibility index (Phi) is 4.08. The van der Waals surface area contributed by atoms with Gasteiger partial charge in [-0.1, -0.05) is 13.0 Å². The van der Waals surface area contributed by atoms with E-state index >= 15 is 0 Å². The van der Waals surface area contributed by atoms with E-state index in [4.69, 9.17) is 0 Å². The summed E-state index contributed by atoms with van der Waals surface area (Å²) in [5.74, 6) is 0.658. The summed E-state index contributed by atoms with van der Waals surface area (Å²) in [7, 11) is -3.03. The first kappa shape index (κ1) is 12.4. The number of rotatable bonds is 4. The summed E-state index contributed by atoms with van der Waals surface area (Å²) in [5.41, 5.74) is 0. The van der Waals surface area contributed by atoms with Gasteiger partial charge in [-0.25, -0.2) is 8.42 Å². The van der Waals surface area contributed by atoms with Crippen LogP contribution < -0.4 is 0 Å². The van der Waals surface area contributed by atoms with Crippen molar-refractivity contribution in [2.24, 2.45) is 11.8 Å². The Bertz CT molecular complexity index is 354. The molecular weight excluding hydrogens is 212 g/mol. The van der Waals surface area contributed by atoms with E-state index in [0.717, 1.165) is 19.3 Å². The van der Waals surface area contributed by atoms with Crippen LogP contribution in [0.4, 0.5) is 0 Å². The van der Waals surface area contributed by atoms with Crippen molar-refractivity contribution in [2.45, 2.75) is 32.6 Å². The maximum Gasteiger partial charge on any atom is 0.168 e. The molecule has 0 heterocycles. The fourth-order valence-corrected chi connectivity index (χ4v) is 2.49. The molecule has 0 aromatic heterocycles. The van der Waals surface area contributed by atoms with Crippen LogP contribution in [0.3, 0.4) is 0 Å². The summed E-state index contributed by atoms with van der Waals surface area (Å²) in [6.45, 7) is 1.95. The van der Waals surface area contributed by atoms with Crippen molar-refractivity contribution < 1.29 is 13.2 Å². The fourth-order valence-electron chi connectivity index (χ4n) is 1.94. The van der Waals surface area contributed by atoms with Crippen molar-refractivity contribution in [3.63, 3.8) is 0 Å². The molecule has 1 saturated carbocycles. The van der Waals surface area contributed by atoms with Gasteiger partial charge >= 0.3 is 0 Å². The van der Waals surface area contributed by atoms with Crippen LogP contribution in [0.5, 0.6) is 0 Å². The average Bonchev–Trinajstić information content (AvgIpc) is 2.47. The monoisotopic (exact) mass is 230 g/mol. The van der Waals surface area contributed by atoms with E-state index in [1.807, 2.05) is 6.92 Å². The lowest BCUT2D eigenvalue weighted by Gasteiger charge is -2.11. The van der Waals surface area contributed by atoms with Gasteiger partial charge in [-0.05, 0) is 25.2 Å². The highest BCUT2D eigenvalue weighted by molar-refractivity contribution is 7.93. The van der Waals surface area contributed by atoms with Gasteiger partial charge in [0, 0.05) is 24.0 Å².